The Kier molecular flexibility index (Phi) is 5.94. The van der Waals surface area contributed by atoms with Gasteiger partial charge in [-0.15, -0.1) is 5.10 Å². The van der Waals surface area contributed by atoms with E-state index < -0.39 is 0 Å². The summed E-state index contributed by atoms with van der Waals surface area (Å²) in [5, 5.41) is 14.0. The van der Waals surface area contributed by atoms with Crippen LogP contribution in [0.4, 0.5) is 11.4 Å². The van der Waals surface area contributed by atoms with Crippen LogP contribution in [0, 0.1) is 0 Å². The minimum Gasteiger partial charge on any atom is -0.497 e. The molecule has 0 bridgehead atoms. The molecule has 32 heavy (non-hydrogen) atoms. The molecule has 160 valence electrons. The van der Waals surface area contributed by atoms with Gasteiger partial charge in [0, 0.05) is 29.4 Å². The van der Waals surface area contributed by atoms with Crippen molar-refractivity contribution in [3.8, 4) is 22.7 Å². The third-order valence-corrected chi connectivity index (χ3v) is 4.74. The minimum absolute atomic E-state index is 0.161. The van der Waals surface area contributed by atoms with Crippen LogP contribution < -0.4 is 15.4 Å². The first kappa shape index (κ1) is 20.8. The fourth-order valence-electron chi connectivity index (χ4n) is 3.09. The Morgan fingerprint density at radius 2 is 1.47 bits per heavy atom. The topological polar surface area (TPSA) is 98.1 Å². The van der Waals surface area contributed by atoms with Crippen LogP contribution in [0.3, 0.4) is 0 Å². The molecule has 0 spiro atoms. The smallest absolute Gasteiger partial charge is 0.255 e. The quantitative estimate of drug-likeness (QED) is 0.482. The molecule has 0 aliphatic rings. The summed E-state index contributed by atoms with van der Waals surface area (Å²) in [6.45, 7) is 1.43. The summed E-state index contributed by atoms with van der Waals surface area (Å²) >= 11 is 0. The van der Waals surface area contributed by atoms with E-state index in [1.54, 1.807) is 36.1 Å². The lowest BCUT2D eigenvalue weighted by atomic mass is 10.1. The Bertz CT molecular complexity index is 1230. The number of carbonyl (C=O) groups excluding carboxylic acids is 2. The van der Waals surface area contributed by atoms with Gasteiger partial charge in [-0.1, -0.05) is 17.3 Å². The molecule has 0 unspecified atom stereocenters. The van der Waals surface area contributed by atoms with Crippen molar-refractivity contribution in [2.24, 2.45) is 0 Å². The number of rotatable bonds is 6. The number of nitrogens with zero attached hydrogens (tertiary/aromatic N) is 3. The third-order valence-electron chi connectivity index (χ3n) is 4.74. The predicted molar refractivity (Wildman–Crippen MR) is 122 cm³/mol. The number of hydrogen-bond donors (Lipinski definition) is 2. The Morgan fingerprint density at radius 3 is 2.09 bits per heavy atom. The number of benzene rings is 3. The lowest BCUT2D eigenvalue weighted by Gasteiger charge is -2.07. The first-order chi connectivity index (χ1) is 15.5. The molecule has 0 saturated carbocycles. The van der Waals surface area contributed by atoms with Gasteiger partial charge in [0.25, 0.3) is 5.91 Å². The van der Waals surface area contributed by atoms with Crippen LogP contribution in [0.5, 0.6) is 5.75 Å². The van der Waals surface area contributed by atoms with E-state index in [2.05, 4.69) is 20.9 Å². The van der Waals surface area contributed by atoms with Crippen LogP contribution >= 0.6 is 0 Å². The molecule has 0 saturated heterocycles. The second-order valence-corrected chi connectivity index (χ2v) is 7.04. The van der Waals surface area contributed by atoms with Crippen LogP contribution in [0.15, 0.2) is 79.0 Å². The van der Waals surface area contributed by atoms with Gasteiger partial charge in [0.05, 0.1) is 19.0 Å². The fourth-order valence-corrected chi connectivity index (χ4v) is 3.09. The second-order valence-electron chi connectivity index (χ2n) is 7.04. The number of hydrogen-bond acceptors (Lipinski definition) is 5. The minimum atomic E-state index is -0.238. The highest BCUT2D eigenvalue weighted by Gasteiger charge is 2.09. The summed E-state index contributed by atoms with van der Waals surface area (Å²) < 4.78 is 6.86. The monoisotopic (exact) mass is 427 g/mol. The zero-order valence-corrected chi connectivity index (χ0v) is 17.6. The molecule has 8 heteroatoms. The van der Waals surface area contributed by atoms with Gasteiger partial charge in [-0.25, -0.2) is 4.68 Å². The van der Waals surface area contributed by atoms with E-state index in [1.807, 2.05) is 54.7 Å². The van der Waals surface area contributed by atoms with Gasteiger partial charge >= 0.3 is 0 Å². The molecule has 3 aromatic carbocycles. The van der Waals surface area contributed by atoms with Crippen LogP contribution in [-0.2, 0) is 4.79 Å². The number of anilines is 2. The Hall–Kier alpha value is -4.46. The average molecular weight is 427 g/mol. The van der Waals surface area contributed by atoms with Gasteiger partial charge in [-0.3, -0.25) is 9.59 Å². The molecule has 2 N–H and O–H groups in total. The van der Waals surface area contributed by atoms with E-state index in [4.69, 9.17) is 4.74 Å². The Balaban J connectivity index is 1.42. The number of ether oxygens (including phenoxy) is 1. The standard InChI is InChI=1S/C24H21N5O3/c1-16(30)25-19-9-5-18(6-10-19)24(31)26-20-7-3-17(4-8-20)23-15-29(28-27-23)21-11-13-22(32-2)14-12-21/h3-15H,1-2H3,(H,25,30)(H,26,31). The largest absolute Gasteiger partial charge is 0.497 e. The predicted octanol–water partition coefficient (Wildman–Crippen LogP) is 4.15. The highest BCUT2D eigenvalue weighted by molar-refractivity contribution is 6.04. The van der Waals surface area contributed by atoms with E-state index in [0.29, 0.717) is 22.6 Å². The van der Waals surface area contributed by atoms with Crippen LogP contribution in [0.25, 0.3) is 16.9 Å². The van der Waals surface area contributed by atoms with E-state index in [9.17, 15) is 9.59 Å². The molecule has 2 amide bonds. The van der Waals surface area contributed by atoms with E-state index in [1.165, 1.54) is 6.92 Å². The third kappa shape index (κ3) is 4.81. The lowest BCUT2D eigenvalue weighted by molar-refractivity contribution is -0.114. The number of carbonyl (C=O) groups is 2. The maximum Gasteiger partial charge on any atom is 0.255 e. The molecular weight excluding hydrogens is 406 g/mol. The highest BCUT2D eigenvalue weighted by atomic mass is 16.5. The average Bonchev–Trinajstić information content (AvgIpc) is 3.30. The summed E-state index contributed by atoms with van der Waals surface area (Å²) in [7, 11) is 1.62. The highest BCUT2D eigenvalue weighted by Crippen LogP contribution is 2.22. The fraction of sp³-hybridized carbons (Fsp3) is 0.0833. The molecule has 0 atom stereocenters. The molecule has 4 rings (SSSR count). The van der Waals surface area contributed by atoms with Crippen molar-refractivity contribution >= 4 is 23.2 Å². The van der Waals surface area contributed by atoms with Gasteiger partial charge in [0.1, 0.15) is 11.4 Å². The Labute approximate surface area is 184 Å². The van der Waals surface area contributed by atoms with E-state index in [0.717, 1.165) is 17.0 Å². The SMILES string of the molecule is COc1ccc(-n2cc(-c3ccc(NC(=O)c4ccc(NC(C)=O)cc4)cc3)nn2)cc1. The van der Waals surface area contributed by atoms with E-state index in [-0.39, 0.29) is 11.8 Å². The molecule has 4 aromatic rings. The number of amides is 2. The van der Waals surface area contributed by atoms with Crippen molar-refractivity contribution in [2.75, 3.05) is 17.7 Å². The van der Waals surface area contributed by atoms with Gasteiger partial charge in [0.2, 0.25) is 5.91 Å². The lowest BCUT2D eigenvalue weighted by Crippen LogP contribution is -2.12. The summed E-state index contributed by atoms with van der Waals surface area (Å²) in [5.74, 6) is 0.374. The number of nitrogens with one attached hydrogen (secondary N) is 2. The first-order valence-corrected chi connectivity index (χ1v) is 9.88. The zero-order valence-electron chi connectivity index (χ0n) is 17.6. The van der Waals surface area contributed by atoms with Crippen molar-refractivity contribution in [3.05, 3.63) is 84.6 Å². The van der Waals surface area contributed by atoms with Crippen LogP contribution in [-0.4, -0.2) is 33.9 Å². The van der Waals surface area contributed by atoms with Gasteiger partial charge < -0.3 is 15.4 Å². The van der Waals surface area contributed by atoms with Crippen molar-refractivity contribution in [1.29, 1.82) is 0 Å². The van der Waals surface area contributed by atoms with Crippen LogP contribution in [0.1, 0.15) is 17.3 Å². The molecular formula is C24H21N5O3. The summed E-state index contributed by atoms with van der Waals surface area (Å²) in [6, 6.07) is 21.6. The zero-order chi connectivity index (χ0) is 22.5. The van der Waals surface area contributed by atoms with Gasteiger partial charge in [-0.2, -0.15) is 0 Å². The second kappa shape index (κ2) is 9.13. The maximum atomic E-state index is 12.5. The maximum absolute atomic E-state index is 12.5. The van der Waals surface area contributed by atoms with Gasteiger partial charge in [-0.05, 0) is 60.7 Å². The molecule has 0 radical (unpaired) electrons. The summed E-state index contributed by atoms with van der Waals surface area (Å²) in [4.78, 5) is 23.6. The van der Waals surface area contributed by atoms with Crippen LogP contribution in [0.2, 0.25) is 0 Å². The summed E-state index contributed by atoms with van der Waals surface area (Å²) in [5.41, 5.74) is 4.26. The van der Waals surface area contributed by atoms with Gasteiger partial charge in [0.15, 0.2) is 0 Å². The first-order valence-electron chi connectivity index (χ1n) is 9.88. The molecule has 0 aliphatic carbocycles. The number of aromatic nitrogens is 3. The molecule has 8 nitrogen and oxygen atoms in total. The van der Waals surface area contributed by atoms with Crippen molar-refractivity contribution in [2.45, 2.75) is 6.92 Å². The molecule has 1 aromatic heterocycles. The molecule has 0 aliphatic heterocycles. The molecule has 1 heterocycles. The molecule has 0 fully saturated rings. The normalized spacial score (nSPS) is 10.4. The number of methoxy groups -OCH3 is 1. The van der Waals surface area contributed by atoms with E-state index >= 15 is 0 Å². The van der Waals surface area contributed by atoms with Crippen molar-refractivity contribution in [1.82, 2.24) is 15.0 Å². The summed E-state index contributed by atoms with van der Waals surface area (Å²) in [6.07, 6.45) is 1.84. The van der Waals surface area contributed by atoms with Crippen molar-refractivity contribution < 1.29 is 14.3 Å². The van der Waals surface area contributed by atoms with Crippen molar-refractivity contribution in [3.63, 3.8) is 0 Å². The Morgan fingerprint density at radius 1 is 0.844 bits per heavy atom.